The average Bonchev–Trinajstić information content (AvgIpc) is 2.83. The number of benzene rings is 5. The van der Waals surface area contributed by atoms with Crippen LogP contribution in [0.5, 0.6) is 11.5 Å². The molecule has 3 heteroatoms. The first kappa shape index (κ1) is 18.1. The second-order valence-electron chi connectivity index (χ2n) is 7.42. The lowest BCUT2D eigenvalue weighted by Gasteiger charge is -2.33. The SMILES string of the molecule is c1ccc(Sc2cccc3cccc(N4c5ccccc5Oc5ccccc54)c23)cc1. The summed E-state index contributed by atoms with van der Waals surface area (Å²) in [5.74, 6) is 1.73. The number of hydrogen-bond acceptors (Lipinski definition) is 3. The molecule has 5 aromatic rings. The third-order valence-corrected chi connectivity index (χ3v) is 6.56. The highest BCUT2D eigenvalue weighted by molar-refractivity contribution is 7.99. The normalized spacial score (nSPS) is 12.2. The number of para-hydroxylation sites is 4. The van der Waals surface area contributed by atoms with Crippen molar-refractivity contribution >= 4 is 39.6 Å². The topological polar surface area (TPSA) is 12.5 Å². The molecule has 0 amide bonds. The first-order valence-corrected chi connectivity index (χ1v) is 11.1. The summed E-state index contributed by atoms with van der Waals surface area (Å²) in [4.78, 5) is 4.79. The van der Waals surface area contributed by atoms with Crippen LogP contribution in [0.1, 0.15) is 0 Å². The Bertz CT molecular complexity index is 1350. The molecule has 0 saturated carbocycles. The van der Waals surface area contributed by atoms with Crippen LogP contribution in [0.25, 0.3) is 10.8 Å². The Kier molecular flexibility index (Phi) is 4.40. The number of fused-ring (bicyclic) bond motifs is 3. The number of hydrogen-bond donors (Lipinski definition) is 0. The summed E-state index contributed by atoms with van der Waals surface area (Å²) in [6, 6.07) is 40.1. The van der Waals surface area contributed by atoms with E-state index in [0.29, 0.717) is 0 Å². The van der Waals surface area contributed by atoms with Crippen molar-refractivity contribution in [3.63, 3.8) is 0 Å². The first-order valence-electron chi connectivity index (χ1n) is 10.3. The molecule has 0 aliphatic carbocycles. The molecule has 0 aromatic heterocycles. The van der Waals surface area contributed by atoms with Gasteiger partial charge in [-0.3, -0.25) is 0 Å². The molecule has 0 radical (unpaired) electrons. The van der Waals surface area contributed by atoms with Crippen LogP contribution in [0, 0.1) is 0 Å². The van der Waals surface area contributed by atoms with Gasteiger partial charge in [0, 0.05) is 15.2 Å². The fourth-order valence-corrected chi connectivity index (χ4v) is 5.16. The van der Waals surface area contributed by atoms with Gasteiger partial charge in [-0.15, -0.1) is 0 Å². The van der Waals surface area contributed by atoms with Crippen molar-refractivity contribution in [3.8, 4) is 11.5 Å². The van der Waals surface area contributed by atoms with Gasteiger partial charge in [-0.05, 0) is 53.9 Å². The van der Waals surface area contributed by atoms with Crippen LogP contribution in [0.4, 0.5) is 17.1 Å². The summed E-state index contributed by atoms with van der Waals surface area (Å²) in [7, 11) is 0. The molecule has 0 N–H and O–H groups in total. The lowest BCUT2D eigenvalue weighted by atomic mass is 10.1. The van der Waals surface area contributed by atoms with Gasteiger partial charge in [-0.2, -0.15) is 0 Å². The van der Waals surface area contributed by atoms with E-state index in [1.807, 2.05) is 24.3 Å². The molecule has 1 aliphatic rings. The van der Waals surface area contributed by atoms with E-state index in [9.17, 15) is 0 Å². The van der Waals surface area contributed by atoms with Crippen molar-refractivity contribution in [2.24, 2.45) is 0 Å². The summed E-state index contributed by atoms with van der Waals surface area (Å²) in [5.41, 5.74) is 3.25. The molecule has 1 aliphatic heterocycles. The third kappa shape index (κ3) is 3.15. The minimum atomic E-state index is 0.867. The molecule has 0 spiro atoms. The Morgan fingerprint density at radius 2 is 1.10 bits per heavy atom. The van der Waals surface area contributed by atoms with Crippen molar-refractivity contribution < 1.29 is 4.74 Å². The standard InChI is InChI=1S/C28H19NOS/c1-2-12-21(13-3-1)31-27-19-9-11-20-10-8-16-24(28(20)27)29-22-14-4-6-17-25(22)30-26-18-7-5-15-23(26)29/h1-19H. The van der Waals surface area contributed by atoms with E-state index < -0.39 is 0 Å². The summed E-state index contributed by atoms with van der Waals surface area (Å²) in [6.45, 7) is 0. The maximum Gasteiger partial charge on any atom is 0.151 e. The third-order valence-electron chi connectivity index (χ3n) is 5.49. The van der Waals surface area contributed by atoms with Crippen LogP contribution in [-0.4, -0.2) is 0 Å². The zero-order chi connectivity index (χ0) is 20.6. The highest BCUT2D eigenvalue weighted by Gasteiger charge is 2.26. The molecular weight excluding hydrogens is 398 g/mol. The summed E-state index contributed by atoms with van der Waals surface area (Å²) < 4.78 is 6.22. The van der Waals surface area contributed by atoms with E-state index in [1.54, 1.807) is 11.8 Å². The lowest BCUT2D eigenvalue weighted by Crippen LogP contribution is -2.16. The Morgan fingerprint density at radius 1 is 0.516 bits per heavy atom. The van der Waals surface area contributed by atoms with Gasteiger partial charge in [0.25, 0.3) is 0 Å². The van der Waals surface area contributed by atoms with E-state index in [0.717, 1.165) is 28.6 Å². The molecule has 0 bridgehead atoms. The second-order valence-corrected chi connectivity index (χ2v) is 8.53. The molecule has 6 rings (SSSR count). The minimum absolute atomic E-state index is 0.867. The Labute approximate surface area is 185 Å². The van der Waals surface area contributed by atoms with Crippen molar-refractivity contribution in [1.29, 1.82) is 0 Å². The lowest BCUT2D eigenvalue weighted by molar-refractivity contribution is 0.477. The van der Waals surface area contributed by atoms with Crippen LogP contribution in [0.3, 0.4) is 0 Å². The molecule has 0 unspecified atom stereocenters. The fourth-order valence-electron chi connectivity index (χ4n) is 4.14. The van der Waals surface area contributed by atoms with E-state index in [-0.39, 0.29) is 0 Å². The molecule has 1 heterocycles. The van der Waals surface area contributed by atoms with Crippen LogP contribution in [0.15, 0.2) is 125 Å². The van der Waals surface area contributed by atoms with Crippen LogP contribution >= 0.6 is 11.8 Å². The maximum atomic E-state index is 6.22. The van der Waals surface area contributed by atoms with Crippen LogP contribution < -0.4 is 9.64 Å². The van der Waals surface area contributed by atoms with Crippen molar-refractivity contribution in [2.45, 2.75) is 9.79 Å². The highest BCUT2D eigenvalue weighted by atomic mass is 32.2. The van der Waals surface area contributed by atoms with Crippen molar-refractivity contribution in [1.82, 2.24) is 0 Å². The largest absolute Gasteiger partial charge is 0.453 e. The zero-order valence-corrected chi connectivity index (χ0v) is 17.5. The van der Waals surface area contributed by atoms with E-state index in [4.69, 9.17) is 4.74 Å². The number of nitrogens with zero attached hydrogens (tertiary/aromatic N) is 1. The molecule has 2 nitrogen and oxygen atoms in total. The molecular formula is C28H19NOS. The molecule has 0 fully saturated rings. The summed E-state index contributed by atoms with van der Waals surface area (Å²) in [6.07, 6.45) is 0. The zero-order valence-electron chi connectivity index (χ0n) is 16.7. The molecule has 148 valence electrons. The summed E-state index contributed by atoms with van der Waals surface area (Å²) >= 11 is 1.80. The van der Waals surface area contributed by atoms with Gasteiger partial charge >= 0.3 is 0 Å². The highest BCUT2D eigenvalue weighted by Crippen LogP contribution is 2.52. The maximum absolute atomic E-state index is 6.22. The second kappa shape index (κ2) is 7.53. The molecule has 31 heavy (non-hydrogen) atoms. The Balaban J connectivity index is 1.61. The Hall–Kier alpha value is -3.69. The van der Waals surface area contributed by atoms with E-state index in [2.05, 4.69) is 95.9 Å². The fraction of sp³-hybridized carbons (Fsp3) is 0. The number of rotatable bonds is 3. The monoisotopic (exact) mass is 417 g/mol. The van der Waals surface area contributed by atoms with Gasteiger partial charge in [0.05, 0.1) is 17.1 Å². The Morgan fingerprint density at radius 3 is 1.81 bits per heavy atom. The predicted molar refractivity (Wildman–Crippen MR) is 129 cm³/mol. The van der Waals surface area contributed by atoms with Crippen LogP contribution in [-0.2, 0) is 0 Å². The first-order chi connectivity index (χ1) is 15.4. The minimum Gasteiger partial charge on any atom is -0.453 e. The molecule has 5 aromatic carbocycles. The van der Waals surface area contributed by atoms with E-state index >= 15 is 0 Å². The van der Waals surface area contributed by atoms with Gasteiger partial charge in [-0.1, -0.05) is 78.5 Å². The van der Waals surface area contributed by atoms with Gasteiger partial charge in [0.15, 0.2) is 11.5 Å². The average molecular weight is 418 g/mol. The van der Waals surface area contributed by atoms with Crippen molar-refractivity contribution in [2.75, 3.05) is 4.90 Å². The van der Waals surface area contributed by atoms with Gasteiger partial charge in [0.1, 0.15) is 0 Å². The van der Waals surface area contributed by atoms with Crippen LogP contribution in [0.2, 0.25) is 0 Å². The quantitative estimate of drug-likeness (QED) is 0.286. The van der Waals surface area contributed by atoms with Gasteiger partial charge < -0.3 is 9.64 Å². The molecule has 0 atom stereocenters. The number of anilines is 3. The predicted octanol–water partition coefficient (Wildman–Crippen LogP) is 8.57. The molecule has 0 saturated heterocycles. The number of ether oxygens (including phenoxy) is 1. The van der Waals surface area contributed by atoms with Gasteiger partial charge in [0.2, 0.25) is 0 Å². The van der Waals surface area contributed by atoms with E-state index in [1.165, 1.54) is 20.6 Å². The van der Waals surface area contributed by atoms with Gasteiger partial charge in [-0.25, -0.2) is 0 Å². The van der Waals surface area contributed by atoms with Crippen molar-refractivity contribution in [3.05, 3.63) is 115 Å². The summed E-state index contributed by atoms with van der Waals surface area (Å²) in [5, 5.41) is 2.46. The smallest absolute Gasteiger partial charge is 0.151 e.